The molecular formula is C15H17NO4S. The zero-order chi connectivity index (χ0) is 15.5. The average Bonchev–Trinajstić information content (AvgIpc) is 2.48. The van der Waals surface area contributed by atoms with Crippen LogP contribution in [0.15, 0.2) is 53.4 Å². The summed E-state index contributed by atoms with van der Waals surface area (Å²) in [4.78, 5) is 0.175. The normalized spacial score (nSPS) is 11.1. The van der Waals surface area contributed by atoms with E-state index >= 15 is 0 Å². The number of anilines is 1. The van der Waals surface area contributed by atoms with Crippen LogP contribution in [0.3, 0.4) is 0 Å². The number of ether oxygens (including phenoxy) is 1. The number of methoxy groups -OCH3 is 1. The lowest BCUT2D eigenvalue weighted by molar-refractivity contribution is 0.414. The van der Waals surface area contributed by atoms with Crippen molar-refractivity contribution in [1.82, 2.24) is 0 Å². The molecule has 0 saturated heterocycles. The highest BCUT2D eigenvalue weighted by molar-refractivity contribution is 7.92. The molecule has 0 heterocycles. The molecule has 0 aliphatic heterocycles. The van der Waals surface area contributed by atoms with Crippen molar-refractivity contribution in [3.05, 3.63) is 48.5 Å². The second-order valence-corrected chi connectivity index (χ2v) is 6.23. The molecule has 0 bridgehead atoms. The molecule has 0 unspecified atom stereocenters. The third-order valence-electron chi connectivity index (χ3n) is 3.05. The van der Waals surface area contributed by atoms with Crippen molar-refractivity contribution in [1.29, 1.82) is 0 Å². The van der Waals surface area contributed by atoms with Gasteiger partial charge in [-0.15, -0.1) is 0 Å². The van der Waals surface area contributed by atoms with Crippen molar-refractivity contribution in [2.45, 2.75) is 11.8 Å². The smallest absolute Gasteiger partial charge is 0.264 e. The van der Waals surface area contributed by atoms with Crippen molar-refractivity contribution in [3.8, 4) is 11.5 Å². The third-order valence-corrected chi connectivity index (χ3v) is 4.97. The predicted molar refractivity (Wildman–Crippen MR) is 81.3 cm³/mol. The van der Waals surface area contributed by atoms with Crippen LogP contribution in [0.25, 0.3) is 0 Å². The molecule has 0 aromatic heterocycles. The highest BCUT2D eigenvalue weighted by Crippen LogP contribution is 2.27. The van der Waals surface area contributed by atoms with Gasteiger partial charge in [-0.05, 0) is 43.3 Å². The minimum atomic E-state index is -3.68. The zero-order valence-corrected chi connectivity index (χ0v) is 12.7. The first kappa shape index (κ1) is 15.2. The first-order valence-corrected chi connectivity index (χ1v) is 7.89. The number of hydrogen-bond donors (Lipinski definition) is 1. The summed E-state index contributed by atoms with van der Waals surface area (Å²) in [5.41, 5.74) is 0.424. The molecule has 0 aliphatic rings. The van der Waals surface area contributed by atoms with Gasteiger partial charge < -0.3 is 9.84 Å². The Morgan fingerprint density at radius 2 is 1.81 bits per heavy atom. The van der Waals surface area contributed by atoms with Crippen LogP contribution in [0.2, 0.25) is 0 Å². The summed E-state index contributed by atoms with van der Waals surface area (Å²) in [5.74, 6) is 0.616. The second-order valence-electron chi connectivity index (χ2n) is 4.37. The van der Waals surface area contributed by atoms with Crippen molar-refractivity contribution in [2.24, 2.45) is 0 Å². The fourth-order valence-corrected chi connectivity index (χ4v) is 3.48. The van der Waals surface area contributed by atoms with Crippen LogP contribution in [-0.2, 0) is 10.0 Å². The van der Waals surface area contributed by atoms with E-state index in [0.29, 0.717) is 11.4 Å². The highest BCUT2D eigenvalue weighted by atomic mass is 32.2. The van der Waals surface area contributed by atoms with E-state index in [1.165, 1.54) is 35.7 Å². The highest BCUT2D eigenvalue weighted by Gasteiger charge is 2.23. The van der Waals surface area contributed by atoms with E-state index in [2.05, 4.69) is 0 Å². The second kappa shape index (κ2) is 6.05. The Morgan fingerprint density at radius 3 is 2.33 bits per heavy atom. The maximum atomic E-state index is 12.7. The van der Waals surface area contributed by atoms with Crippen molar-refractivity contribution in [3.63, 3.8) is 0 Å². The molecule has 6 heteroatoms. The molecule has 21 heavy (non-hydrogen) atoms. The van der Waals surface area contributed by atoms with E-state index in [9.17, 15) is 13.5 Å². The van der Waals surface area contributed by atoms with Gasteiger partial charge in [-0.2, -0.15) is 0 Å². The fraction of sp³-hybridized carbons (Fsp3) is 0.200. The van der Waals surface area contributed by atoms with Crippen LogP contribution in [-0.4, -0.2) is 27.2 Å². The van der Waals surface area contributed by atoms with Crippen molar-refractivity contribution in [2.75, 3.05) is 18.0 Å². The summed E-state index contributed by atoms with van der Waals surface area (Å²) in [6.07, 6.45) is 0. The van der Waals surface area contributed by atoms with Crippen molar-refractivity contribution < 1.29 is 18.3 Å². The van der Waals surface area contributed by atoms with Gasteiger partial charge in [0, 0.05) is 12.6 Å². The predicted octanol–water partition coefficient (Wildman–Crippen LogP) is 2.62. The standard InChI is InChI=1S/C15H17NO4S/c1-3-16(12-5-4-6-13(17)11-12)21(18,19)15-9-7-14(20-2)8-10-15/h4-11,17H,3H2,1-2H3. The summed E-state index contributed by atoms with van der Waals surface area (Å²) >= 11 is 0. The number of rotatable bonds is 5. The van der Waals surface area contributed by atoms with Gasteiger partial charge in [0.15, 0.2) is 0 Å². The molecule has 112 valence electrons. The molecule has 2 aromatic carbocycles. The van der Waals surface area contributed by atoms with Crippen LogP contribution in [0.1, 0.15) is 6.92 Å². The van der Waals surface area contributed by atoms with E-state index in [0.717, 1.165) is 0 Å². The van der Waals surface area contributed by atoms with Gasteiger partial charge in [0.2, 0.25) is 0 Å². The molecule has 5 nitrogen and oxygen atoms in total. The zero-order valence-electron chi connectivity index (χ0n) is 11.9. The van der Waals surface area contributed by atoms with E-state index in [1.807, 2.05) is 0 Å². The SMILES string of the molecule is CCN(c1cccc(O)c1)S(=O)(=O)c1ccc(OC)cc1. The number of phenols is 1. The largest absolute Gasteiger partial charge is 0.508 e. The van der Waals surface area contributed by atoms with Gasteiger partial charge in [-0.3, -0.25) is 4.31 Å². The van der Waals surface area contributed by atoms with Gasteiger partial charge in [-0.1, -0.05) is 6.07 Å². The Hall–Kier alpha value is -2.21. The lowest BCUT2D eigenvalue weighted by atomic mass is 10.3. The first-order chi connectivity index (χ1) is 9.98. The number of nitrogens with zero attached hydrogens (tertiary/aromatic N) is 1. The maximum absolute atomic E-state index is 12.7. The Labute approximate surface area is 124 Å². The van der Waals surface area contributed by atoms with Gasteiger partial charge in [-0.25, -0.2) is 8.42 Å². The molecular weight excluding hydrogens is 290 g/mol. The third kappa shape index (κ3) is 3.11. The Balaban J connectivity index is 2.44. The van der Waals surface area contributed by atoms with E-state index in [1.54, 1.807) is 31.2 Å². The molecule has 0 aliphatic carbocycles. The summed E-state index contributed by atoms with van der Waals surface area (Å²) in [6, 6.07) is 12.4. The Bertz CT molecular complexity index is 711. The number of hydrogen-bond acceptors (Lipinski definition) is 4. The van der Waals surface area contributed by atoms with Gasteiger partial charge >= 0.3 is 0 Å². The lowest BCUT2D eigenvalue weighted by Crippen LogP contribution is -2.30. The number of phenolic OH excluding ortho intramolecular Hbond substituents is 1. The van der Waals surface area contributed by atoms with Crippen LogP contribution in [0.5, 0.6) is 11.5 Å². The van der Waals surface area contributed by atoms with E-state index in [4.69, 9.17) is 4.74 Å². The Morgan fingerprint density at radius 1 is 1.14 bits per heavy atom. The van der Waals surface area contributed by atoms with E-state index < -0.39 is 10.0 Å². The quantitative estimate of drug-likeness (QED) is 0.922. The molecule has 1 N–H and O–H groups in total. The lowest BCUT2D eigenvalue weighted by Gasteiger charge is -2.23. The van der Waals surface area contributed by atoms with E-state index in [-0.39, 0.29) is 17.2 Å². The topological polar surface area (TPSA) is 66.8 Å². The summed E-state index contributed by atoms with van der Waals surface area (Å²) < 4.78 is 31.6. The summed E-state index contributed by atoms with van der Waals surface area (Å²) in [7, 11) is -2.16. The van der Waals surface area contributed by atoms with Gasteiger partial charge in [0.25, 0.3) is 10.0 Å². The number of benzene rings is 2. The molecule has 0 spiro atoms. The molecule has 0 fully saturated rings. The molecule has 0 atom stereocenters. The molecule has 0 radical (unpaired) electrons. The molecule has 2 aromatic rings. The average molecular weight is 307 g/mol. The minimum Gasteiger partial charge on any atom is -0.508 e. The van der Waals surface area contributed by atoms with Crippen molar-refractivity contribution >= 4 is 15.7 Å². The molecule has 2 rings (SSSR count). The fourth-order valence-electron chi connectivity index (χ4n) is 2.01. The molecule has 0 amide bonds. The van der Waals surface area contributed by atoms with Gasteiger partial charge in [0.1, 0.15) is 11.5 Å². The summed E-state index contributed by atoms with van der Waals surface area (Å²) in [6.45, 7) is 2.00. The maximum Gasteiger partial charge on any atom is 0.264 e. The summed E-state index contributed by atoms with van der Waals surface area (Å²) in [5, 5.41) is 9.52. The Kier molecular flexibility index (Phi) is 4.37. The van der Waals surface area contributed by atoms with Crippen LogP contribution >= 0.6 is 0 Å². The van der Waals surface area contributed by atoms with Crippen LogP contribution in [0, 0.1) is 0 Å². The molecule has 0 saturated carbocycles. The number of sulfonamides is 1. The van der Waals surface area contributed by atoms with Crippen LogP contribution < -0.4 is 9.04 Å². The first-order valence-electron chi connectivity index (χ1n) is 6.45. The van der Waals surface area contributed by atoms with Gasteiger partial charge in [0.05, 0.1) is 17.7 Å². The minimum absolute atomic E-state index is 0.0240. The van der Waals surface area contributed by atoms with Crippen LogP contribution in [0.4, 0.5) is 5.69 Å². The number of aromatic hydroxyl groups is 1. The monoisotopic (exact) mass is 307 g/mol.